The highest BCUT2D eigenvalue weighted by Crippen LogP contribution is 2.35. The van der Waals surface area contributed by atoms with Crippen LogP contribution in [-0.2, 0) is 0 Å². The number of rotatable bonds is 8. The van der Waals surface area contributed by atoms with Crippen molar-refractivity contribution < 1.29 is 0 Å². The molecule has 0 aromatic heterocycles. The second-order valence-corrected chi connectivity index (χ2v) is 10.5. The molecule has 0 N–H and O–H groups in total. The molecule has 0 unspecified atom stereocenters. The van der Waals surface area contributed by atoms with Crippen molar-refractivity contribution in [3.05, 3.63) is 160 Å². The summed E-state index contributed by atoms with van der Waals surface area (Å²) in [4.78, 5) is 8.07. The van der Waals surface area contributed by atoms with Gasteiger partial charge in [0.25, 0.3) is 0 Å². The van der Waals surface area contributed by atoms with E-state index in [0.717, 1.165) is 45.0 Å². The molecule has 5 aromatic carbocycles. The first kappa shape index (κ1) is 28.7. The van der Waals surface area contributed by atoms with Gasteiger partial charge in [-0.05, 0) is 89.8 Å². The number of nitrogens with zero attached hydrogens (tertiary/aromatic N) is 4. The Balaban J connectivity index is 1.41. The van der Waals surface area contributed by atoms with Crippen LogP contribution in [0.2, 0.25) is 0 Å². The summed E-state index contributed by atoms with van der Waals surface area (Å²) in [5.74, 6) is 0. The topological polar surface area (TPSA) is 34.6 Å². The van der Waals surface area contributed by atoms with Crippen molar-refractivity contribution in [2.24, 2.45) is 0 Å². The van der Waals surface area contributed by atoms with E-state index in [1.165, 1.54) is 5.56 Å². The highest BCUT2D eigenvalue weighted by atomic mass is 15.1. The Labute approximate surface area is 254 Å². The first-order chi connectivity index (χ1) is 20.9. The first-order valence-corrected chi connectivity index (χ1v) is 14.1. The van der Waals surface area contributed by atoms with E-state index in [1.807, 2.05) is 68.7 Å². The van der Waals surface area contributed by atoms with E-state index in [0.29, 0.717) is 11.3 Å². The number of hydrogen-bond acceptors (Lipinski definition) is 3. The number of anilines is 4. The van der Waals surface area contributed by atoms with Crippen LogP contribution in [0.1, 0.15) is 33.4 Å². The number of aryl methyl sites for hydroxylation is 1. The van der Waals surface area contributed by atoms with Crippen molar-refractivity contribution in [2.45, 2.75) is 6.92 Å². The average molecular weight is 557 g/mol. The van der Waals surface area contributed by atoms with E-state index in [2.05, 4.69) is 100 Å². The van der Waals surface area contributed by atoms with Gasteiger partial charge in [0, 0.05) is 36.8 Å². The zero-order valence-corrected chi connectivity index (χ0v) is 24.6. The minimum Gasteiger partial charge on any atom is -0.378 e. The van der Waals surface area contributed by atoms with Crippen molar-refractivity contribution in [3.8, 4) is 6.07 Å². The van der Waals surface area contributed by atoms with Gasteiger partial charge in [0.15, 0.2) is 5.69 Å². The number of nitriles is 1. The Hall–Kier alpha value is -5.84. The second kappa shape index (κ2) is 13.2. The molecule has 208 valence electrons. The summed E-state index contributed by atoms with van der Waals surface area (Å²) in [6, 6.07) is 41.2. The molecule has 0 aliphatic heterocycles. The maximum absolute atomic E-state index is 9.85. The summed E-state index contributed by atoms with van der Waals surface area (Å²) in [5.41, 5.74) is 10.1. The molecule has 0 radical (unpaired) electrons. The third-order valence-electron chi connectivity index (χ3n) is 7.22. The summed E-state index contributed by atoms with van der Waals surface area (Å²) in [6.45, 7) is 9.81. The molecule has 0 heterocycles. The Kier molecular flexibility index (Phi) is 8.81. The van der Waals surface area contributed by atoms with Crippen molar-refractivity contribution >= 4 is 52.7 Å². The third kappa shape index (κ3) is 6.91. The molecule has 0 saturated heterocycles. The van der Waals surface area contributed by atoms with Gasteiger partial charge in [-0.2, -0.15) is 5.26 Å². The van der Waals surface area contributed by atoms with Gasteiger partial charge in [0.2, 0.25) is 0 Å². The molecular weight excluding hydrogens is 524 g/mol. The van der Waals surface area contributed by atoms with Crippen LogP contribution in [0, 0.1) is 24.8 Å². The molecule has 4 heteroatoms. The van der Waals surface area contributed by atoms with Crippen LogP contribution in [0.15, 0.2) is 115 Å². The van der Waals surface area contributed by atoms with E-state index in [-0.39, 0.29) is 0 Å². The average Bonchev–Trinajstić information content (AvgIpc) is 3.05. The molecule has 5 rings (SSSR count). The van der Waals surface area contributed by atoms with E-state index >= 15 is 0 Å². The molecule has 0 amide bonds. The summed E-state index contributed by atoms with van der Waals surface area (Å²) >= 11 is 0. The minimum absolute atomic E-state index is 0.506. The SMILES string of the molecule is [C-]#[N+]c1cc(C=Cc2ccc(C)cc2)c(C#N)cc1C=Cc1ccc(N(c2ccccc2)c2ccc(N(C)C)cc2)cc1. The van der Waals surface area contributed by atoms with Crippen LogP contribution in [0.25, 0.3) is 29.1 Å². The van der Waals surface area contributed by atoms with Gasteiger partial charge in [-0.25, -0.2) is 4.85 Å². The monoisotopic (exact) mass is 556 g/mol. The van der Waals surface area contributed by atoms with Gasteiger partial charge in [-0.1, -0.05) is 84.5 Å². The summed E-state index contributed by atoms with van der Waals surface area (Å²) in [6.07, 6.45) is 7.76. The highest BCUT2D eigenvalue weighted by molar-refractivity contribution is 5.83. The van der Waals surface area contributed by atoms with E-state index in [4.69, 9.17) is 6.57 Å². The first-order valence-electron chi connectivity index (χ1n) is 14.1. The number of para-hydroxylation sites is 1. The Morgan fingerprint density at radius 3 is 1.70 bits per heavy atom. The number of hydrogen-bond donors (Lipinski definition) is 0. The lowest BCUT2D eigenvalue weighted by atomic mass is 10.0. The van der Waals surface area contributed by atoms with Gasteiger partial charge in [0.1, 0.15) is 0 Å². The fraction of sp³-hybridized carbons (Fsp3) is 0.0769. The van der Waals surface area contributed by atoms with Crippen molar-refractivity contribution in [1.82, 2.24) is 0 Å². The maximum atomic E-state index is 9.85. The summed E-state index contributed by atoms with van der Waals surface area (Å²) in [5, 5.41) is 9.85. The molecule has 0 saturated carbocycles. The molecule has 0 aliphatic carbocycles. The third-order valence-corrected chi connectivity index (χ3v) is 7.22. The molecule has 5 aromatic rings. The molecule has 0 bridgehead atoms. The molecule has 0 aliphatic rings. The fourth-order valence-corrected chi connectivity index (χ4v) is 4.79. The standard InChI is InChI=1S/C39H32N4/c1-29-10-12-30(13-11-29)14-18-32-27-39(41-2)33(26-34(32)28-40)19-15-31-16-20-37(21-17-31)43(36-8-6-5-7-9-36)38-24-22-35(23-25-38)42(3)4/h5-27H,1,3-4H3. The lowest BCUT2D eigenvalue weighted by Crippen LogP contribution is -2.11. The van der Waals surface area contributed by atoms with E-state index < -0.39 is 0 Å². The quantitative estimate of drug-likeness (QED) is 0.141. The fourth-order valence-electron chi connectivity index (χ4n) is 4.79. The molecule has 0 atom stereocenters. The molecule has 4 nitrogen and oxygen atoms in total. The van der Waals surface area contributed by atoms with Gasteiger partial charge in [-0.15, -0.1) is 0 Å². The normalized spacial score (nSPS) is 10.9. The molecular formula is C39H32N4. The molecule has 43 heavy (non-hydrogen) atoms. The van der Waals surface area contributed by atoms with Crippen LogP contribution < -0.4 is 9.80 Å². The maximum Gasteiger partial charge on any atom is 0.194 e. The van der Waals surface area contributed by atoms with E-state index in [9.17, 15) is 5.26 Å². The van der Waals surface area contributed by atoms with Gasteiger partial charge >= 0.3 is 0 Å². The Morgan fingerprint density at radius 1 is 0.628 bits per heavy atom. The predicted molar refractivity (Wildman–Crippen MR) is 182 cm³/mol. The van der Waals surface area contributed by atoms with Gasteiger partial charge in [-0.3, -0.25) is 0 Å². The minimum atomic E-state index is 0.506. The largest absolute Gasteiger partial charge is 0.378 e. The smallest absolute Gasteiger partial charge is 0.194 e. The van der Waals surface area contributed by atoms with Crippen LogP contribution in [-0.4, -0.2) is 14.1 Å². The Bertz CT molecular complexity index is 1830. The summed E-state index contributed by atoms with van der Waals surface area (Å²) < 4.78 is 0. The Morgan fingerprint density at radius 2 is 1.14 bits per heavy atom. The molecule has 0 spiro atoms. The van der Waals surface area contributed by atoms with Crippen LogP contribution in [0.3, 0.4) is 0 Å². The van der Waals surface area contributed by atoms with Crippen molar-refractivity contribution in [2.75, 3.05) is 23.9 Å². The second-order valence-electron chi connectivity index (χ2n) is 10.5. The van der Waals surface area contributed by atoms with Crippen molar-refractivity contribution in [3.63, 3.8) is 0 Å². The zero-order valence-electron chi connectivity index (χ0n) is 24.6. The van der Waals surface area contributed by atoms with Crippen LogP contribution in [0.4, 0.5) is 28.4 Å². The lowest BCUT2D eigenvalue weighted by molar-refractivity contribution is 1.13. The van der Waals surface area contributed by atoms with E-state index in [1.54, 1.807) is 12.1 Å². The summed E-state index contributed by atoms with van der Waals surface area (Å²) in [7, 11) is 4.08. The van der Waals surface area contributed by atoms with Gasteiger partial charge in [0.05, 0.1) is 18.2 Å². The van der Waals surface area contributed by atoms with Crippen LogP contribution >= 0.6 is 0 Å². The molecule has 0 fully saturated rings. The highest BCUT2D eigenvalue weighted by Gasteiger charge is 2.12. The predicted octanol–water partition coefficient (Wildman–Crippen LogP) is 10.3. The zero-order chi connectivity index (χ0) is 30.2. The van der Waals surface area contributed by atoms with Crippen LogP contribution in [0.5, 0.6) is 0 Å². The lowest BCUT2D eigenvalue weighted by Gasteiger charge is -2.26. The van der Waals surface area contributed by atoms with Gasteiger partial charge < -0.3 is 9.80 Å². The van der Waals surface area contributed by atoms with Crippen molar-refractivity contribution in [1.29, 1.82) is 5.26 Å². The number of benzene rings is 5.